The van der Waals surface area contributed by atoms with Crippen LogP contribution in [0.5, 0.6) is 5.75 Å². The van der Waals surface area contributed by atoms with Gasteiger partial charge in [-0.15, -0.1) is 0 Å². The van der Waals surface area contributed by atoms with Gasteiger partial charge in [-0.1, -0.05) is 41.4 Å². The molecule has 0 aromatic heterocycles. The monoisotopic (exact) mass is 486 g/mol. The van der Waals surface area contributed by atoms with Crippen LogP contribution in [0.1, 0.15) is 17.5 Å². The van der Waals surface area contributed by atoms with Crippen LogP contribution in [0, 0.1) is 11.7 Å². The third-order valence-corrected chi connectivity index (χ3v) is 6.08. The zero-order valence-corrected chi connectivity index (χ0v) is 19.1. The Bertz CT molecular complexity index is 1130. The largest absolute Gasteiger partial charge is 0.489 e. The van der Waals surface area contributed by atoms with Crippen LogP contribution in [0.2, 0.25) is 10.0 Å². The summed E-state index contributed by atoms with van der Waals surface area (Å²) >= 11 is 11.9. The highest BCUT2D eigenvalue weighted by molar-refractivity contribution is 6.31. The highest BCUT2D eigenvalue weighted by Crippen LogP contribution is 2.28. The third kappa shape index (κ3) is 5.64. The number of anilines is 1. The maximum absolute atomic E-state index is 13.9. The number of benzene rings is 3. The minimum atomic E-state index is -0.429. The van der Waals surface area contributed by atoms with E-state index in [-0.39, 0.29) is 30.4 Å². The van der Waals surface area contributed by atoms with Gasteiger partial charge in [0.15, 0.2) is 0 Å². The molecule has 1 atom stereocenters. The quantitative estimate of drug-likeness (QED) is 0.487. The summed E-state index contributed by atoms with van der Waals surface area (Å²) in [4.78, 5) is 26.7. The van der Waals surface area contributed by atoms with Gasteiger partial charge in [0.25, 0.3) is 0 Å². The number of carbonyl (C=O) groups is 2. The first-order valence-corrected chi connectivity index (χ1v) is 11.1. The molecule has 3 aromatic rings. The number of nitrogens with one attached hydrogen (secondary N) is 1. The van der Waals surface area contributed by atoms with Crippen molar-refractivity contribution in [3.63, 3.8) is 0 Å². The maximum Gasteiger partial charge on any atom is 0.227 e. The van der Waals surface area contributed by atoms with E-state index in [0.717, 1.165) is 5.56 Å². The second kappa shape index (κ2) is 10.2. The Labute approximate surface area is 201 Å². The van der Waals surface area contributed by atoms with Crippen molar-refractivity contribution in [2.45, 2.75) is 19.6 Å². The fraction of sp³-hybridized carbons (Fsp3) is 0.200. The number of hydrogen-bond donors (Lipinski definition) is 1. The lowest BCUT2D eigenvalue weighted by Gasteiger charge is -2.17. The molecule has 0 aliphatic carbocycles. The van der Waals surface area contributed by atoms with E-state index in [1.54, 1.807) is 47.4 Å². The molecule has 0 spiro atoms. The summed E-state index contributed by atoms with van der Waals surface area (Å²) in [5.41, 5.74) is 1.89. The smallest absolute Gasteiger partial charge is 0.227 e. The van der Waals surface area contributed by atoms with Gasteiger partial charge in [0, 0.05) is 35.8 Å². The molecule has 1 unspecified atom stereocenters. The van der Waals surface area contributed by atoms with Gasteiger partial charge in [-0.2, -0.15) is 0 Å². The summed E-state index contributed by atoms with van der Waals surface area (Å²) < 4.78 is 19.5. The van der Waals surface area contributed by atoms with E-state index in [0.29, 0.717) is 34.6 Å². The van der Waals surface area contributed by atoms with Crippen LogP contribution in [0.3, 0.4) is 0 Å². The maximum atomic E-state index is 13.9. The summed E-state index contributed by atoms with van der Waals surface area (Å²) in [6.07, 6.45) is 0.149. The number of carbonyl (C=O) groups excluding carboxylic acids is 2. The molecule has 1 aliphatic rings. The van der Waals surface area contributed by atoms with Gasteiger partial charge >= 0.3 is 0 Å². The molecule has 1 saturated heterocycles. The van der Waals surface area contributed by atoms with Crippen molar-refractivity contribution < 1.29 is 18.7 Å². The molecular weight excluding hydrogens is 466 g/mol. The van der Waals surface area contributed by atoms with E-state index in [9.17, 15) is 14.0 Å². The van der Waals surface area contributed by atoms with Crippen molar-refractivity contribution in [2.75, 3.05) is 11.4 Å². The molecule has 3 aromatic carbocycles. The van der Waals surface area contributed by atoms with Crippen LogP contribution < -0.4 is 15.0 Å². The van der Waals surface area contributed by atoms with Gasteiger partial charge in [0.05, 0.1) is 10.9 Å². The van der Waals surface area contributed by atoms with Crippen LogP contribution in [-0.2, 0) is 22.7 Å². The molecule has 1 heterocycles. The lowest BCUT2D eigenvalue weighted by molar-refractivity contribution is -0.126. The van der Waals surface area contributed by atoms with E-state index < -0.39 is 11.7 Å². The molecule has 0 radical (unpaired) electrons. The normalized spacial score (nSPS) is 15.5. The van der Waals surface area contributed by atoms with Gasteiger partial charge in [0.1, 0.15) is 18.2 Å². The lowest BCUT2D eigenvalue weighted by atomic mass is 10.1. The van der Waals surface area contributed by atoms with Gasteiger partial charge in [-0.3, -0.25) is 9.59 Å². The Morgan fingerprint density at radius 1 is 1.06 bits per heavy atom. The zero-order valence-electron chi connectivity index (χ0n) is 17.6. The summed E-state index contributed by atoms with van der Waals surface area (Å²) in [6.45, 7) is 0.665. The molecule has 4 rings (SSSR count). The minimum absolute atomic E-state index is 0.0106. The highest BCUT2D eigenvalue weighted by atomic mass is 35.5. The first-order valence-electron chi connectivity index (χ1n) is 10.4. The minimum Gasteiger partial charge on any atom is -0.489 e. The molecule has 0 saturated carbocycles. The van der Waals surface area contributed by atoms with Crippen molar-refractivity contribution >= 4 is 40.7 Å². The molecule has 2 amide bonds. The third-order valence-electron chi connectivity index (χ3n) is 5.47. The highest BCUT2D eigenvalue weighted by Gasteiger charge is 2.35. The summed E-state index contributed by atoms with van der Waals surface area (Å²) in [5, 5.41) is 3.82. The molecule has 0 bridgehead atoms. The van der Waals surface area contributed by atoms with E-state index in [1.807, 2.05) is 12.1 Å². The standard InChI is InChI=1S/C25H21Cl2FN2O3/c26-18-6-4-16(5-7-18)13-29-25(32)17-12-24(31)30(14-17)19-8-10-20(11-9-19)33-15-21-22(27)2-1-3-23(21)28/h1-11,17H,12-15H2,(H,29,32). The van der Waals surface area contributed by atoms with Crippen LogP contribution >= 0.6 is 23.2 Å². The summed E-state index contributed by atoms with van der Waals surface area (Å²) in [6, 6.07) is 18.6. The Balaban J connectivity index is 1.33. The Morgan fingerprint density at radius 2 is 1.79 bits per heavy atom. The number of ether oxygens (including phenoxy) is 1. The van der Waals surface area contributed by atoms with E-state index in [2.05, 4.69) is 5.32 Å². The van der Waals surface area contributed by atoms with Crippen LogP contribution in [0.15, 0.2) is 66.7 Å². The Kier molecular flexibility index (Phi) is 7.16. The molecule has 33 heavy (non-hydrogen) atoms. The molecule has 5 nitrogen and oxygen atoms in total. The fourth-order valence-corrected chi connectivity index (χ4v) is 3.96. The van der Waals surface area contributed by atoms with Crippen LogP contribution in [0.4, 0.5) is 10.1 Å². The molecule has 1 N–H and O–H groups in total. The van der Waals surface area contributed by atoms with E-state index >= 15 is 0 Å². The van der Waals surface area contributed by atoms with Gasteiger partial charge in [-0.25, -0.2) is 4.39 Å². The number of amides is 2. The first-order chi connectivity index (χ1) is 15.9. The predicted octanol–water partition coefficient (Wildman–Crippen LogP) is 5.38. The average Bonchev–Trinajstić information content (AvgIpc) is 3.20. The Hall–Kier alpha value is -3.09. The fourth-order valence-electron chi connectivity index (χ4n) is 3.62. The second-order valence-electron chi connectivity index (χ2n) is 7.73. The Morgan fingerprint density at radius 3 is 2.48 bits per heavy atom. The van der Waals surface area contributed by atoms with Gasteiger partial charge in [0.2, 0.25) is 11.8 Å². The molecular formula is C25H21Cl2FN2O3. The predicted molar refractivity (Wildman–Crippen MR) is 126 cm³/mol. The van der Waals surface area contributed by atoms with Crippen LogP contribution in [0.25, 0.3) is 0 Å². The number of nitrogens with zero attached hydrogens (tertiary/aromatic N) is 1. The number of rotatable bonds is 7. The van der Waals surface area contributed by atoms with Crippen molar-refractivity contribution in [3.05, 3.63) is 93.7 Å². The van der Waals surface area contributed by atoms with Crippen molar-refractivity contribution in [3.8, 4) is 5.75 Å². The first kappa shape index (κ1) is 23.1. The SMILES string of the molecule is O=C(NCc1ccc(Cl)cc1)C1CC(=O)N(c2ccc(OCc3c(F)cccc3Cl)cc2)C1. The van der Waals surface area contributed by atoms with Crippen molar-refractivity contribution in [1.82, 2.24) is 5.32 Å². The van der Waals surface area contributed by atoms with E-state index in [1.165, 1.54) is 12.1 Å². The van der Waals surface area contributed by atoms with Gasteiger partial charge < -0.3 is 15.0 Å². The molecule has 1 aliphatic heterocycles. The summed E-state index contributed by atoms with van der Waals surface area (Å²) in [5.74, 6) is -0.621. The zero-order chi connectivity index (χ0) is 23.4. The van der Waals surface area contributed by atoms with Crippen molar-refractivity contribution in [2.24, 2.45) is 5.92 Å². The average molecular weight is 487 g/mol. The second-order valence-corrected chi connectivity index (χ2v) is 8.58. The number of halogens is 3. The van der Waals surface area contributed by atoms with Gasteiger partial charge in [-0.05, 0) is 54.1 Å². The topological polar surface area (TPSA) is 58.6 Å². The van der Waals surface area contributed by atoms with Crippen molar-refractivity contribution in [1.29, 1.82) is 0 Å². The number of hydrogen-bond acceptors (Lipinski definition) is 3. The van der Waals surface area contributed by atoms with E-state index in [4.69, 9.17) is 27.9 Å². The summed E-state index contributed by atoms with van der Waals surface area (Å²) in [7, 11) is 0. The van der Waals surface area contributed by atoms with Crippen LogP contribution in [-0.4, -0.2) is 18.4 Å². The molecule has 8 heteroatoms. The molecule has 170 valence electrons. The lowest BCUT2D eigenvalue weighted by Crippen LogP contribution is -2.32. The molecule has 1 fully saturated rings.